The highest BCUT2D eigenvalue weighted by molar-refractivity contribution is 5.89. The van der Waals surface area contributed by atoms with Gasteiger partial charge in [-0.05, 0) is 30.2 Å². The number of piperidine rings is 1. The minimum atomic E-state index is -4.78. The molecule has 39 heavy (non-hydrogen) atoms. The summed E-state index contributed by atoms with van der Waals surface area (Å²) in [5.74, 6) is -3.03. The van der Waals surface area contributed by atoms with Crippen LogP contribution in [0, 0.1) is 5.92 Å². The number of nitrogens with one attached hydrogen (secondary N) is 2. The standard InChI is InChI=1S/C22H25F3N2O4.C4H4O4/c1-29-19-9-8-17(31-22(23,24)25)10-15(19)12-26-18-11-16(21(28)30-2)13-27-20(18)14-6-4-3-5-7-14;5-3(6)1-2-4(7)8/h3-10,16,18,20,26-27H,11-13H2,1-2H3;1-2H,(H,5,6)(H,7,8)/b;2-1+. The second kappa shape index (κ2) is 14.7. The molecule has 1 aliphatic heterocycles. The third-order valence-corrected chi connectivity index (χ3v) is 5.63. The van der Waals surface area contributed by atoms with E-state index in [-0.39, 0.29) is 36.3 Å². The maximum absolute atomic E-state index is 12.6. The summed E-state index contributed by atoms with van der Waals surface area (Å²) in [5, 5.41) is 22.4. The van der Waals surface area contributed by atoms with E-state index in [1.165, 1.54) is 32.4 Å². The van der Waals surface area contributed by atoms with Gasteiger partial charge in [0.25, 0.3) is 0 Å². The number of alkyl halides is 3. The molecule has 3 rings (SSSR count). The molecular weight excluding hydrogens is 525 g/mol. The summed E-state index contributed by atoms with van der Waals surface area (Å²) in [5.41, 5.74) is 1.56. The van der Waals surface area contributed by atoms with E-state index in [1.807, 2.05) is 30.3 Å². The Kier molecular flexibility index (Phi) is 11.8. The van der Waals surface area contributed by atoms with E-state index in [1.54, 1.807) is 0 Å². The van der Waals surface area contributed by atoms with Crippen molar-refractivity contribution in [1.29, 1.82) is 0 Å². The average Bonchev–Trinajstić information content (AvgIpc) is 2.90. The first kappa shape index (κ1) is 31.1. The van der Waals surface area contributed by atoms with Gasteiger partial charge in [0.2, 0.25) is 0 Å². The van der Waals surface area contributed by atoms with Crippen molar-refractivity contribution in [3.05, 3.63) is 71.8 Å². The Morgan fingerprint density at radius 3 is 2.23 bits per heavy atom. The lowest BCUT2D eigenvalue weighted by Crippen LogP contribution is -2.51. The van der Waals surface area contributed by atoms with Gasteiger partial charge in [0.15, 0.2) is 0 Å². The lowest BCUT2D eigenvalue weighted by atomic mass is 9.86. The van der Waals surface area contributed by atoms with Gasteiger partial charge in [0.05, 0.1) is 20.1 Å². The van der Waals surface area contributed by atoms with E-state index in [4.69, 9.17) is 19.7 Å². The van der Waals surface area contributed by atoms with E-state index in [2.05, 4.69) is 15.4 Å². The third kappa shape index (κ3) is 10.7. The van der Waals surface area contributed by atoms with Gasteiger partial charge in [-0.1, -0.05) is 30.3 Å². The monoisotopic (exact) mass is 554 g/mol. The smallest absolute Gasteiger partial charge is 0.496 e. The van der Waals surface area contributed by atoms with Crippen LogP contribution < -0.4 is 20.1 Å². The molecule has 3 unspecified atom stereocenters. The van der Waals surface area contributed by atoms with Crippen LogP contribution in [0.15, 0.2) is 60.7 Å². The second-order valence-corrected chi connectivity index (χ2v) is 8.27. The molecule has 0 amide bonds. The molecule has 1 heterocycles. The first-order valence-electron chi connectivity index (χ1n) is 11.6. The van der Waals surface area contributed by atoms with Crippen molar-refractivity contribution < 1.29 is 52.0 Å². The lowest BCUT2D eigenvalue weighted by molar-refractivity contribution is -0.274. The Bertz CT molecular complexity index is 1130. The van der Waals surface area contributed by atoms with E-state index in [0.717, 1.165) is 5.56 Å². The van der Waals surface area contributed by atoms with Crippen LogP contribution in [0.4, 0.5) is 13.2 Å². The fourth-order valence-corrected chi connectivity index (χ4v) is 3.97. The summed E-state index contributed by atoms with van der Waals surface area (Å²) >= 11 is 0. The molecule has 0 aromatic heterocycles. The highest BCUT2D eigenvalue weighted by Gasteiger charge is 2.35. The van der Waals surface area contributed by atoms with Crippen molar-refractivity contribution in [1.82, 2.24) is 10.6 Å². The number of rotatable bonds is 9. The van der Waals surface area contributed by atoms with Crippen LogP contribution in [0.25, 0.3) is 0 Å². The number of carboxylic acid groups (broad SMARTS) is 2. The van der Waals surface area contributed by atoms with Gasteiger partial charge in [-0.2, -0.15) is 0 Å². The summed E-state index contributed by atoms with van der Waals surface area (Å²) in [4.78, 5) is 31.2. The van der Waals surface area contributed by atoms with E-state index in [9.17, 15) is 27.6 Å². The number of esters is 1. The topological polar surface area (TPSA) is 143 Å². The first-order chi connectivity index (χ1) is 18.4. The van der Waals surface area contributed by atoms with Crippen LogP contribution in [0.1, 0.15) is 23.6 Å². The van der Waals surface area contributed by atoms with Gasteiger partial charge >= 0.3 is 24.3 Å². The van der Waals surface area contributed by atoms with Crippen molar-refractivity contribution in [2.75, 3.05) is 20.8 Å². The minimum Gasteiger partial charge on any atom is -0.496 e. The number of ether oxygens (including phenoxy) is 3. The number of halogens is 3. The molecule has 212 valence electrons. The molecule has 0 spiro atoms. The number of benzene rings is 2. The van der Waals surface area contributed by atoms with E-state index < -0.39 is 18.3 Å². The van der Waals surface area contributed by atoms with Gasteiger partial charge in [0, 0.05) is 42.9 Å². The van der Waals surface area contributed by atoms with Gasteiger partial charge < -0.3 is 35.1 Å². The first-order valence-corrected chi connectivity index (χ1v) is 11.6. The number of methoxy groups -OCH3 is 2. The summed E-state index contributed by atoms with van der Waals surface area (Å²) in [6.45, 7) is 0.699. The maximum atomic E-state index is 12.6. The summed E-state index contributed by atoms with van der Waals surface area (Å²) in [6, 6.07) is 13.4. The van der Waals surface area contributed by atoms with Gasteiger partial charge in [-0.25, -0.2) is 9.59 Å². The van der Waals surface area contributed by atoms with Crippen LogP contribution >= 0.6 is 0 Å². The molecule has 1 saturated heterocycles. The molecule has 10 nitrogen and oxygen atoms in total. The van der Waals surface area contributed by atoms with Gasteiger partial charge in [-0.15, -0.1) is 13.2 Å². The van der Waals surface area contributed by atoms with Gasteiger partial charge in [0.1, 0.15) is 11.5 Å². The molecule has 1 aliphatic rings. The molecule has 0 aliphatic carbocycles. The molecular formula is C26H29F3N2O8. The van der Waals surface area contributed by atoms with Crippen LogP contribution in [-0.2, 0) is 25.7 Å². The summed E-state index contributed by atoms with van der Waals surface area (Å²) in [6.07, 6.45) is -3.15. The Morgan fingerprint density at radius 1 is 1.05 bits per heavy atom. The van der Waals surface area contributed by atoms with Crippen LogP contribution in [0.5, 0.6) is 11.5 Å². The predicted octanol–water partition coefficient (Wildman–Crippen LogP) is 3.29. The zero-order valence-corrected chi connectivity index (χ0v) is 21.1. The summed E-state index contributed by atoms with van der Waals surface area (Å²) in [7, 11) is 2.80. The molecule has 2 aromatic carbocycles. The van der Waals surface area contributed by atoms with E-state index in [0.29, 0.717) is 36.4 Å². The Morgan fingerprint density at radius 2 is 1.69 bits per heavy atom. The van der Waals surface area contributed by atoms with Crippen molar-refractivity contribution in [2.24, 2.45) is 5.92 Å². The number of carbonyl (C=O) groups is 3. The Labute approximate surface area is 222 Å². The van der Waals surface area contributed by atoms with Crippen LogP contribution in [0.3, 0.4) is 0 Å². The molecule has 1 fully saturated rings. The Hall–Kier alpha value is -4.10. The fourth-order valence-electron chi connectivity index (χ4n) is 3.97. The second-order valence-electron chi connectivity index (χ2n) is 8.27. The highest BCUT2D eigenvalue weighted by atomic mass is 19.4. The number of hydrogen-bond donors (Lipinski definition) is 4. The maximum Gasteiger partial charge on any atom is 0.573 e. The van der Waals surface area contributed by atoms with Gasteiger partial charge in [-0.3, -0.25) is 4.79 Å². The minimum absolute atomic E-state index is 0.0808. The molecule has 4 N–H and O–H groups in total. The quantitative estimate of drug-likeness (QED) is 0.269. The Balaban J connectivity index is 0.000000580. The SMILES string of the molecule is COC(=O)C1CNC(c2ccccc2)C(NCc2cc(OC(F)(F)F)ccc2OC)C1.O=C(O)/C=C/C(=O)O. The van der Waals surface area contributed by atoms with Crippen LogP contribution in [0.2, 0.25) is 0 Å². The fraction of sp³-hybridized carbons (Fsp3) is 0.346. The molecule has 3 atom stereocenters. The third-order valence-electron chi connectivity index (χ3n) is 5.63. The van der Waals surface area contributed by atoms with Crippen molar-refractivity contribution in [2.45, 2.75) is 31.4 Å². The van der Waals surface area contributed by atoms with E-state index >= 15 is 0 Å². The normalized spacial score (nSPS) is 18.9. The zero-order chi connectivity index (χ0) is 29.0. The largest absolute Gasteiger partial charge is 0.573 e. The van der Waals surface area contributed by atoms with Crippen molar-refractivity contribution in [3.63, 3.8) is 0 Å². The zero-order valence-electron chi connectivity index (χ0n) is 21.1. The molecule has 13 heteroatoms. The lowest BCUT2D eigenvalue weighted by Gasteiger charge is -2.37. The predicted molar refractivity (Wildman–Crippen MR) is 132 cm³/mol. The molecule has 0 bridgehead atoms. The number of carboxylic acids is 2. The molecule has 0 saturated carbocycles. The van der Waals surface area contributed by atoms with Crippen molar-refractivity contribution >= 4 is 17.9 Å². The molecule has 2 aromatic rings. The molecule has 0 radical (unpaired) electrons. The van der Waals surface area contributed by atoms with Crippen LogP contribution in [-0.4, -0.2) is 61.3 Å². The average molecular weight is 555 g/mol. The number of hydrogen-bond acceptors (Lipinski definition) is 8. The number of aliphatic carboxylic acids is 2. The summed E-state index contributed by atoms with van der Waals surface area (Å²) < 4.78 is 52.0. The van der Waals surface area contributed by atoms with Crippen molar-refractivity contribution in [3.8, 4) is 11.5 Å². The highest BCUT2D eigenvalue weighted by Crippen LogP contribution is 2.31. The number of carbonyl (C=O) groups excluding carboxylic acids is 1.